The second kappa shape index (κ2) is 5.05. The van der Waals surface area contributed by atoms with E-state index in [4.69, 9.17) is 4.74 Å². The summed E-state index contributed by atoms with van der Waals surface area (Å²) < 4.78 is 5.52. The fraction of sp³-hybridized carbons (Fsp3) is 0.600. The number of hydrogen-bond donors (Lipinski definition) is 1. The number of ether oxygens (including phenoxy) is 1. The van der Waals surface area contributed by atoms with Gasteiger partial charge in [0.1, 0.15) is 5.56 Å². The van der Waals surface area contributed by atoms with Crippen molar-refractivity contribution in [3.05, 3.63) is 34.2 Å². The second-order valence-electron chi connectivity index (χ2n) is 5.83. The highest BCUT2D eigenvalue weighted by atomic mass is 16.5. The number of amides is 1. The Labute approximate surface area is 117 Å². The summed E-state index contributed by atoms with van der Waals surface area (Å²) >= 11 is 0. The van der Waals surface area contributed by atoms with Crippen LogP contribution in [0.2, 0.25) is 0 Å². The lowest BCUT2D eigenvalue weighted by molar-refractivity contribution is -0.116. The first kappa shape index (κ1) is 13.4. The Kier molecular flexibility index (Phi) is 3.38. The van der Waals surface area contributed by atoms with Crippen molar-refractivity contribution in [2.45, 2.75) is 31.8 Å². The number of nitrogens with one attached hydrogen (secondary N) is 1. The van der Waals surface area contributed by atoms with E-state index in [0.717, 1.165) is 19.3 Å². The van der Waals surface area contributed by atoms with E-state index in [9.17, 15) is 9.59 Å². The molecule has 1 atom stereocenters. The van der Waals surface area contributed by atoms with Gasteiger partial charge in [-0.05, 0) is 37.8 Å². The van der Waals surface area contributed by atoms with Crippen molar-refractivity contribution in [3.8, 4) is 0 Å². The molecule has 1 saturated heterocycles. The van der Waals surface area contributed by atoms with Crippen LogP contribution >= 0.6 is 0 Å². The first-order valence-electron chi connectivity index (χ1n) is 7.16. The van der Waals surface area contributed by atoms with Crippen LogP contribution in [0.25, 0.3) is 0 Å². The molecule has 1 saturated carbocycles. The predicted octanol–water partition coefficient (Wildman–Crippen LogP) is 1.41. The minimum Gasteiger partial charge on any atom is -0.381 e. The summed E-state index contributed by atoms with van der Waals surface area (Å²) in [5.74, 6) is -0.157. The smallest absolute Gasteiger partial charge is 0.260 e. The van der Waals surface area contributed by atoms with Gasteiger partial charge in [-0.2, -0.15) is 0 Å². The highest BCUT2D eigenvalue weighted by molar-refractivity contribution is 5.93. The number of aromatic nitrogens is 1. The molecule has 20 heavy (non-hydrogen) atoms. The lowest BCUT2D eigenvalue weighted by Gasteiger charge is -2.53. The molecular weight excluding hydrogens is 256 g/mol. The molecule has 1 N–H and O–H groups in total. The monoisotopic (exact) mass is 276 g/mol. The van der Waals surface area contributed by atoms with E-state index < -0.39 is 0 Å². The summed E-state index contributed by atoms with van der Waals surface area (Å²) in [6.07, 6.45) is 6.16. The topological polar surface area (TPSA) is 62.4 Å². The maximum Gasteiger partial charge on any atom is 0.260 e. The molecule has 1 aliphatic heterocycles. The molecule has 0 radical (unpaired) electrons. The molecule has 1 amide bonds. The first-order valence-corrected chi connectivity index (χ1v) is 7.16. The van der Waals surface area contributed by atoms with Crippen LogP contribution in [-0.4, -0.2) is 42.1 Å². The van der Waals surface area contributed by atoms with Crippen molar-refractivity contribution in [2.75, 3.05) is 20.2 Å². The molecule has 1 aromatic rings. The third-order valence-corrected chi connectivity index (χ3v) is 4.97. The molecule has 2 aliphatic rings. The van der Waals surface area contributed by atoms with Gasteiger partial charge in [-0.15, -0.1) is 0 Å². The number of rotatable bonds is 2. The Balaban J connectivity index is 1.68. The van der Waals surface area contributed by atoms with E-state index in [1.54, 1.807) is 30.3 Å². The van der Waals surface area contributed by atoms with Crippen molar-refractivity contribution < 1.29 is 9.53 Å². The summed E-state index contributed by atoms with van der Waals surface area (Å²) in [6, 6.07) is 3.28. The first-order chi connectivity index (χ1) is 9.66. The number of nitrogens with zero attached hydrogens (tertiary/aromatic N) is 1. The fourth-order valence-corrected chi connectivity index (χ4v) is 3.53. The lowest BCUT2D eigenvalue weighted by atomic mass is 9.60. The quantitative estimate of drug-likeness (QED) is 0.888. The Morgan fingerprint density at radius 3 is 2.70 bits per heavy atom. The van der Waals surface area contributed by atoms with Crippen LogP contribution in [0.5, 0.6) is 0 Å². The van der Waals surface area contributed by atoms with Crippen LogP contribution in [0.15, 0.2) is 23.1 Å². The van der Waals surface area contributed by atoms with Gasteiger partial charge in [0.25, 0.3) is 11.5 Å². The number of methoxy groups -OCH3 is 1. The third kappa shape index (κ3) is 2.06. The molecule has 2 heterocycles. The van der Waals surface area contributed by atoms with Gasteiger partial charge in [0, 0.05) is 31.8 Å². The molecule has 5 heteroatoms. The van der Waals surface area contributed by atoms with Crippen molar-refractivity contribution in [1.82, 2.24) is 9.88 Å². The number of aromatic amines is 1. The molecule has 3 rings (SSSR count). The third-order valence-electron chi connectivity index (χ3n) is 4.97. The number of pyridine rings is 1. The van der Waals surface area contributed by atoms with Crippen molar-refractivity contribution in [3.63, 3.8) is 0 Å². The van der Waals surface area contributed by atoms with Gasteiger partial charge in [0.05, 0.1) is 6.10 Å². The van der Waals surface area contributed by atoms with Crippen LogP contribution in [-0.2, 0) is 4.74 Å². The van der Waals surface area contributed by atoms with E-state index in [1.807, 2.05) is 0 Å². The molecule has 1 spiro atoms. The summed E-state index contributed by atoms with van der Waals surface area (Å²) in [7, 11) is 1.77. The zero-order valence-electron chi connectivity index (χ0n) is 11.7. The highest BCUT2D eigenvalue weighted by Crippen LogP contribution is 2.50. The largest absolute Gasteiger partial charge is 0.381 e. The molecule has 1 unspecified atom stereocenters. The maximum absolute atomic E-state index is 12.4. The summed E-state index contributed by atoms with van der Waals surface area (Å²) in [5, 5.41) is 0. The molecule has 1 aliphatic carbocycles. The molecular formula is C15H20N2O3. The van der Waals surface area contributed by atoms with E-state index in [-0.39, 0.29) is 22.4 Å². The fourth-order valence-electron chi connectivity index (χ4n) is 3.53. The number of H-pyrrole nitrogens is 1. The number of piperidine rings is 1. The van der Waals surface area contributed by atoms with E-state index in [1.165, 1.54) is 6.42 Å². The van der Waals surface area contributed by atoms with Crippen LogP contribution < -0.4 is 5.56 Å². The number of hydrogen-bond acceptors (Lipinski definition) is 3. The Morgan fingerprint density at radius 2 is 2.15 bits per heavy atom. The van der Waals surface area contributed by atoms with Gasteiger partial charge >= 0.3 is 0 Å². The average Bonchev–Trinajstić information content (AvgIpc) is 2.47. The molecule has 1 aromatic heterocycles. The van der Waals surface area contributed by atoms with Crippen LogP contribution in [0.1, 0.15) is 36.0 Å². The number of carbonyl (C=O) groups excluding carboxylic acids is 1. The standard InChI is InChI=1S/C15H20N2O3/c1-20-12-4-5-15(12)6-9-17(10-7-15)14(19)11-3-2-8-16-13(11)18/h2-3,8,12H,4-7,9-10H2,1H3,(H,16,18). The van der Waals surface area contributed by atoms with Crippen molar-refractivity contribution in [2.24, 2.45) is 5.41 Å². The predicted molar refractivity (Wildman–Crippen MR) is 74.7 cm³/mol. The number of carbonyl (C=O) groups is 1. The molecule has 0 bridgehead atoms. The van der Waals surface area contributed by atoms with Gasteiger partial charge in [-0.1, -0.05) is 0 Å². The van der Waals surface area contributed by atoms with Gasteiger partial charge in [-0.25, -0.2) is 0 Å². The Hall–Kier alpha value is -1.62. The Bertz CT molecular complexity index is 556. The van der Waals surface area contributed by atoms with Gasteiger partial charge in [0.2, 0.25) is 0 Å². The van der Waals surface area contributed by atoms with Gasteiger partial charge in [-0.3, -0.25) is 9.59 Å². The van der Waals surface area contributed by atoms with Crippen LogP contribution in [0.4, 0.5) is 0 Å². The van der Waals surface area contributed by atoms with Crippen molar-refractivity contribution in [1.29, 1.82) is 0 Å². The lowest BCUT2D eigenvalue weighted by Crippen LogP contribution is -2.54. The summed E-state index contributed by atoms with van der Waals surface area (Å²) in [4.78, 5) is 28.4. The average molecular weight is 276 g/mol. The van der Waals surface area contributed by atoms with E-state index in [2.05, 4.69) is 4.98 Å². The molecule has 2 fully saturated rings. The van der Waals surface area contributed by atoms with Gasteiger partial charge in [0.15, 0.2) is 0 Å². The van der Waals surface area contributed by atoms with Crippen molar-refractivity contribution >= 4 is 5.91 Å². The highest BCUT2D eigenvalue weighted by Gasteiger charge is 2.49. The Morgan fingerprint density at radius 1 is 1.40 bits per heavy atom. The molecule has 0 aromatic carbocycles. The van der Waals surface area contributed by atoms with Crippen LogP contribution in [0, 0.1) is 5.41 Å². The molecule has 5 nitrogen and oxygen atoms in total. The zero-order chi connectivity index (χ0) is 14.2. The summed E-state index contributed by atoms with van der Waals surface area (Å²) in [5.41, 5.74) is 0.200. The van der Waals surface area contributed by atoms with E-state index in [0.29, 0.717) is 19.2 Å². The zero-order valence-corrected chi connectivity index (χ0v) is 11.7. The summed E-state index contributed by atoms with van der Waals surface area (Å²) in [6.45, 7) is 1.43. The molecule has 108 valence electrons. The van der Waals surface area contributed by atoms with E-state index >= 15 is 0 Å². The SMILES string of the molecule is COC1CCC12CCN(C(=O)c1ccc[nH]c1=O)CC2. The normalized spacial score (nSPS) is 24.4. The maximum atomic E-state index is 12.4. The second-order valence-corrected chi connectivity index (χ2v) is 5.83. The van der Waals surface area contributed by atoms with Gasteiger partial charge < -0.3 is 14.6 Å². The minimum absolute atomic E-state index is 0.157. The minimum atomic E-state index is -0.309. The van der Waals surface area contributed by atoms with Crippen LogP contribution in [0.3, 0.4) is 0 Å². The number of likely N-dealkylation sites (tertiary alicyclic amines) is 1.